The van der Waals surface area contributed by atoms with Gasteiger partial charge in [0, 0.05) is 0 Å². The topological polar surface area (TPSA) is 512 Å². The van der Waals surface area contributed by atoms with Gasteiger partial charge in [0.05, 0.1) is 50.2 Å². The first-order chi connectivity index (χ1) is 41.6. The van der Waals surface area contributed by atoms with Gasteiger partial charge in [-0.05, 0) is 93.5 Å². The zero-order valence-corrected chi connectivity index (χ0v) is 48.9. The Morgan fingerprint density at radius 2 is 0.841 bits per heavy atom. The Morgan fingerprint density at radius 3 is 1.31 bits per heavy atom. The fraction of sp³-hybridized carbons (Fsp3) is 0.946. The zero-order chi connectivity index (χ0) is 64.0. The molecule has 0 amide bonds. The van der Waals surface area contributed by atoms with Gasteiger partial charge in [-0.1, -0.05) is 19.9 Å². The molecule has 0 radical (unpaired) electrons. The minimum absolute atomic E-state index is 0.130. The number of hydrogen-bond acceptors (Lipinski definition) is 32. The maximum Gasteiger partial charge on any atom is 0.314 e. The van der Waals surface area contributed by atoms with Crippen LogP contribution < -0.4 is 0 Å². The minimum atomic E-state index is -2.07. The van der Waals surface area contributed by atoms with E-state index in [1.165, 1.54) is 6.92 Å². The van der Waals surface area contributed by atoms with Crippen LogP contribution >= 0.6 is 0 Å². The van der Waals surface area contributed by atoms with E-state index >= 15 is 4.79 Å². The van der Waals surface area contributed by atoms with Crippen LogP contribution in [-0.2, 0) is 61.6 Å². The average molecular weight is 1280 g/mol. The van der Waals surface area contributed by atoms with Crippen LogP contribution in [0.1, 0.15) is 78.6 Å². The molecule has 10 aliphatic rings. The maximum absolute atomic E-state index is 15.4. The summed E-state index contributed by atoms with van der Waals surface area (Å²) in [6.07, 6.45) is -50.1. The van der Waals surface area contributed by atoms with Gasteiger partial charge in [0.25, 0.3) is 0 Å². The Labute approximate surface area is 505 Å². The van der Waals surface area contributed by atoms with Crippen LogP contribution in [0.15, 0.2) is 12.2 Å². The average Bonchev–Trinajstić information content (AvgIpc) is 0.951. The van der Waals surface area contributed by atoms with Gasteiger partial charge in [0.15, 0.2) is 37.6 Å². The first-order valence-corrected chi connectivity index (χ1v) is 30.3. The van der Waals surface area contributed by atoms with Crippen molar-refractivity contribution in [2.24, 2.45) is 28.1 Å². The second-order valence-corrected chi connectivity index (χ2v) is 26.4. The molecule has 6 saturated heterocycles. The van der Waals surface area contributed by atoms with Gasteiger partial charge in [0.2, 0.25) is 6.29 Å². The van der Waals surface area contributed by atoms with E-state index in [1.807, 2.05) is 0 Å². The number of carbonyl (C=O) groups is 1. The Bertz CT molecular complexity index is 2380. The molecule has 36 atom stereocenters. The number of esters is 1. The lowest BCUT2D eigenvalue weighted by molar-refractivity contribution is -0.398. The van der Waals surface area contributed by atoms with E-state index in [1.54, 1.807) is 6.92 Å². The molecule has 1 spiro atoms. The van der Waals surface area contributed by atoms with Crippen LogP contribution in [0.5, 0.6) is 0 Å². The molecular weight excluding hydrogens is 1180 g/mol. The molecule has 10 rings (SSSR count). The fourth-order valence-electron chi connectivity index (χ4n) is 16.4. The molecule has 88 heavy (non-hydrogen) atoms. The normalized spacial score (nSPS) is 55.0. The Hall–Kier alpha value is -1.99. The van der Waals surface area contributed by atoms with Crippen molar-refractivity contribution in [3.8, 4) is 0 Å². The van der Waals surface area contributed by atoms with Crippen LogP contribution in [0.3, 0.4) is 0 Å². The molecule has 6 aliphatic heterocycles. The molecule has 4 aliphatic carbocycles. The minimum Gasteiger partial charge on any atom is -0.432 e. The highest BCUT2D eigenvalue weighted by molar-refractivity contribution is 5.77. The molecular formula is C56H90O32. The Balaban J connectivity index is 0.919. The second-order valence-electron chi connectivity index (χ2n) is 26.4. The van der Waals surface area contributed by atoms with Crippen LogP contribution in [0.2, 0.25) is 0 Å². The molecule has 0 aromatic heterocycles. The van der Waals surface area contributed by atoms with Gasteiger partial charge >= 0.3 is 5.97 Å². The molecule has 0 aromatic rings. The van der Waals surface area contributed by atoms with E-state index in [-0.39, 0.29) is 18.8 Å². The summed E-state index contributed by atoms with van der Waals surface area (Å²) in [4.78, 5) is 15.4. The molecule has 4 saturated carbocycles. The molecule has 14 unspecified atom stereocenters. The summed E-state index contributed by atoms with van der Waals surface area (Å²) in [6, 6.07) is 0. The summed E-state index contributed by atoms with van der Waals surface area (Å²) in [5.74, 6) is -1.38. The van der Waals surface area contributed by atoms with Gasteiger partial charge in [0.1, 0.15) is 134 Å². The highest BCUT2D eigenvalue weighted by Crippen LogP contribution is 2.74. The molecule has 0 aromatic carbocycles. The van der Waals surface area contributed by atoms with Gasteiger partial charge in [-0.3, -0.25) is 4.79 Å². The number of hydrogen-bond donors (Lipinski definition) is 19. The zero-order valence-electron chi connectivity index (χ0n) is 48.9. The summed E-state index contributed by atoms with van der Waals surface area (Å²) in [5.41, 5.74) is -3.10. The van der Waals surface area contributed by atoms with Crippen molar-refractivity contribution in [2.75, 3.05) is 33.0 Å². The predicted molar refractivity (Wildman–Crippen MR) is 283 cm³/mol. The summed E-state index contributed by atoms with van der Waals surface area (Å²) in [5, 5.41) is 205. The van der Waals surface area contributed by atoms with Gasteiger partial charge < -0.3 is 154 Å². The Morgan fingerprint density at radius 1 is 0.455 bits per heavy atom. The summed E-state index contributed by atoms with van der Waals surface area (Å²) in [6.45, 7) is 5.42. The van der Waals surface area contributed by atoms with Crippen LogP contribution in [0.25, 0.3) is 0 Å². The number of aliphatic hydroxyl groups is 19. The first kappa shape index (κ1) is 68.9. The van der Waals surface area contributed by atoms with Crippen molar-refractivity contribution in [3.63, 3.8) is 0 Å². The van der Waals surface area contributed by atoms with E-state index in [2.05, 4.69) is 13.5 Å². The number of fused-ring (bicyclic) bond motifs is 3. The van der Waals surface area contributed by atoms with Crippen molar-refractivity contribution in [1.82, 2.24) is 0 Å². The van der Waals surface area contributed by atoms with Gasteiger partial charge in [-0.15, -0.1) is 0 Å². The lowest BCUT2D eigenvalue weighted by Gasteiger charge is -2.64. The van der Waals surface area contributed by atoms with Crippen molar-refractivity contribution >= 4 is 5.97 Å². The molecule has 6 heterocycles. The molecule has 2 bridgehead atoms. The smallest absolute Gasteiger partial charge is 0.314 e. The van der Waals surface area contributed by atoms with E-state index in [4.69, 9.17) is 56.8 Å². The third kappa shape index (κ3) is 12.0. The van der Waals surface area contributed by atoms with Crippen LogP contribution in [0, 0.1) is 28.1 Å². The van der Waals surface area contributed by atoms with Crippen LogP contribution in [0.4, 0.5) is 0 Å². The Kier molecular flexibility index (Phi) is 20.9. The van der Waals surface area contributed by atoms with Gasteiger partial charge in [-0.25, -0.2) is 0 Å². The maximum atomic E-state index is 15.4. The summed E-state index contributed by atoms with van der Waals surface area (Å²) >= 11 is 0. The molecule has 506 valence electrons. The molecule has 10 fully saturated rings. The van der Waals surface area contributed by atoms with E-state index in [9.17, 15) is 97.0 Å². The van der Waals surface area contributed by atoms with Crippen LogP contribution in [-0.4, -0.2) is 326 Å². The fourth-order valence-corrected chi connectivity index (χ4v) is 16.4. The van der Waals surface area contributed by atoms with Crippen molar-refractivity contribution < 1.29 is 159 Å². The van der Waals surface area contributed by atoms with Crippen molar-refractivity contribution in [2.45, 2.75) is 268 Å². The predicted octanol–water partition coefficient (Wildman–Crippen LogP) is -8.44. The van der Waals surface area contributed by atoms with Crippen molar-refractivity contribution in [3.05, 3.63) is 12.2 Å². The lowest BCUT2D eigenvalue weighted by atomic mass is 9.41. The third-order valence-corrected chi connectivity index (χ3v) is 21.3. The number of carbonyl (C=O) groups excluding carboxylic acids is 1. The summed E-state index contributed by atoms with van der Waals surface area (Å²) in [7, 11) is 0. The number of ether oxygens (including phenoxy) is 12. The lowest BCUT2D eigenvalue weighted by Crippen LogP contribution is -2.68. The highest BCUT2D eigenvalue weighted by atomic mass is 16.8. The number of rotatable bonds is 17. The molecule has 19 N–H and O–H groups in total. The molecule has 32 heteroatoms. The molecule has 32 nitrogen and oxygen atoms in total. The monoisotopic (exact) mass is 1270 g/mol. The van der Waals surface area contributed by atoms with E-state index in [0.717, 1.165) is 0 Å². The second kappa shape index (κ2) is 26.7. The van der Waals surface area contributed by atoms with E-state index < -0.39 is 251 Å². The standard InChI is InChI=1S/C56H90O32/c1-19-12-55-10-6-26-53(3,27(55)7-11-56(19,18-55)88-51-45(86-46-38(72)34(68)28(62)20(2)77-46)43(33(67)25(17-61)82-51)84-48-40(74)36(70)30(64)22(14-58)79-48)8-5-9-54(26,4)52(76)87-50-44(85-49-41(75)37(71)31(65)23(15-59)80-49)42(32(66)24(16-60)81-50)83-47-39(73)35(69)29(63)21(13-57)78-47/h20-51,57-75H,1,5-18H2,2-4H3/t20?,21?,22?,23-,24?,25?,26?,27-,28-,29+,30+,31+,32+,33+,34-,35-,36-,37?,38?,39?,40?,41?,42-,43-,44?,45?,46-,47-,48-,49-,50-,51-,53+,54+,55+,56?/m0/s1. The first-order valence-electron chi connectivity index (χ1n) is 30.3. The number of aliphatic hydroxyl groups excluding tert-OH is 19. The SMILES string of the molecule is C=C1C[C@@]23CCC4[C@](C)(C(=O)O[C@@H]5OC(CO)[C@@H](O)[C@H](O[C@@H]6OC(CO)[C@@H](O)[C@H](O)C6O)C5O[C@@H]5O[C@@H](CO)[C@@H](O)C(O)C5O)CCC[C@@]4(C)[C@@H]2CCC1(O[C@@H]1OC(CO)[C@@H](O)[C@H](O[C@@H]2OC(CO)[C@@H](O)[C@H](O)C2O)C1O[C@@H]1OC(C)[C@H](O)[C@H](O)C1O)C3. The quantitative estimate of drug-likeness (QED) is 0.0365. The van der Waals surface area contributed by atoms with E-state index in [0.29, 0.717) is 50.5 Å². The van der Waals surface area contributed by atoms with Gasteiger partial charge in [-0.2, -0.15) is 0 Å². The summed E-state index contributed by atoms with van der Waals surface area (Å²) < 4.78 is 73.2. The largest absolute Gasteiger partial charge is 0.432 e. The highest BCUT2D eigenvalue weighted by Gasteiger charge is 2.70. The van der Waals surface area contributed by atoms with Crippen molar-refractivity contribution in [1.29, 1.82) is 0 Å². The third-order valence-electron chi connectivity index (χ3n) is 21.3.